The van der Waals surface area contributed by atoms with Crippen LogP contribution in [0.4, 0.5) is 5.69 Å². The van der Waals surface area contributed by atoms with Gasteiger partial charge in [-0.15, -0.1) is 11.3 Å². The molecule has 0 bridgehead atoms. The van der Waals surface area contributed by atoms with Gasteiger partial charge in [0, 0.05) is 30.2 Å². The topological polar surface area (TPSA) is 91.4 Å². The van der Waals surface area contributed by atoms with Crippen molar-refractivity contribution in [3.8, 4) is 0 Å². The van der Waals surface area contributed by atoms with Gasteiger partial charge in [-0.1, -0.05) is 29.8 Å². The number of hydrazine groups is 1. The summed E-state index contributed by atoms with van der Waals surface area (Å²) in [6.07, 6.45) is 4.99. The van der Waals surface area contributed by atoms with Crippen LogP contribution in [-0.4, -0.2) is 25.9 Å². The fourth-order valence-corrected chi connectivity index (χ4v) is 5.98. The predicted molar refractivity (Wildman–Crippen MR) is 134 cm³/mol. The molecule has 2 aromatic heterocycles. The van der Waals surface area contributed by atoms with Crippen molar-refractivity contribution in [1.82, 2.24) is 15.7 Å². The molecule has 0 aliphatic carbocycles. The molecule has 1 amide bonds. The van der Waals surface area contributed by atoms with Gasteiger partial charge in [-0.3, -0.25) is 14.8 Å². The molecule has 0 radical (unpaired) electrons. The lowest BCUT2D eigenvalue weighted by atomic mass is 10.2. The summed E-state index contributed by atoms with van der Waals surface area (Å²) in [7, 11) is -3.66. The molecule has 0 unspecified atom stereocenters. The van der Waals surface area contributed by atoms with Crippen LogP contribution >= 0.6 is 22.9 Å². The summed E-state index contributed by atoms with van der Waals surface area (Å²) in [5.41, 5.74) is 4.60. The quantitative estimate of drug-likeness (QED) is 0.396. The molecule has 4 aromatic rings. The van der Waals surface area contributed by atoms with E-state index >= 15 is 0 Å². The van der Waals surface area contributed by atoms with Crippen LogP contribution in [0, 0.1) is 0 Å². The van der Waals surface area contributed by atoms with Gasteiger partial charge >= 0.3 is 0 Å². The molecular weight excluding hydrogens is 492 g/mol. The number of nitrogens with zero attached hydrogens (tertiary/aromatic N) is 2. The molecule has 2 N–H and O–H groups in total. The van der Waals surface area contributed by atoms with Crippen LogP contribution in [0.15, 0.2) is 89.1 Å². The van der Waals surface area contributed by atoms with E-state index in [4.69, 9.17) is 11.6 Å². The van der Waals surface area contributed by atoms with E-state index in [1.807, 2.05) is 18.2 Å². The number of carbonyl (C=O) groups is 1. The Kier molecular flexibility index (Phi) is 6.09. The van der Waals surface area contributed by atoms with E-state index in [1.54, 1.807) is 66.1 Å². The van der Waals surface area contributed by atoms with Gasteiger partial charge in [0.05, 0.1) is 31.6 Å². The average molecular weight is 511 g/mol. The van der Waals surface area contributed by atoms with Crippen LogP contribution in [-0.2, 0) is 16.4 Å². The maximum absolute atomic E-state index is 13.1. The molecule has 3 heterocycles. The third-order valence-electron chi connectivity index (χ3n) is 5.36. The second-order valence-electron chi connectivity index (χ2n) is 7.63. The zero-order valence-electron chi connectivity index (χ0n) is 17.7. The molecule has 1 aliphatic heterocycles. The molecule has 0 saturated carbocycles. The number of anilines is 1. The fraction of sp³-hybridized carbons (Fsp3) is 0.0833. The molecular formula is C24H19ClN4O3S2. The van der Waals surface area contributed by atoms with Gasteiger partial charge in [-0.05, 0) is 53.4 Å². The zero-order valence-corrected chi connectivity index (χ0v) is 20.1. The van der Waals surface area contributed by atoms with Crippen molar-refractivity contribution in [3.05, 3.63) is 99.6 Å². The summed E-state index contributed by atoms with van der Waals surface area (Å²) >= 11 is 7.42. The second-order valence-corrected chi connectivity index (χ2v) is 11.2. The number of hydrogen-bond donors (Lipinski definition) is 2. The first-order valence-corrected chi connectivity index (χ1v) is 13.0. The van der Waals surface area contributed by atoms with Crippen molar-refractivity contribution < 1.29 is 13.2 Å². The van der Waals surface area contributed by atoms with E-state index in [0.717, 1.165) is 21.3 Å². The number of nitrogens with one attached hydrogen (secondary N) is 2. The molecule has 34 heavy (non-hydrogen) atoms. The van der Waals surface area contributed by atoms with E-state index in [2.05, 4.69) is 15.7 Å². The first kappa shape index (κ1) is 22.5. The molecule has 0 spiro atoms. The molecule has 0 saturated heterocycles. The Labute approximate surface area is 205 Å². The number of carbonyl (C=O) groups excluding carboxylic acids is 1. The van der Waals surface area contributed by atoms with Crippen LogP contribution < -0.4 is 15.8 Å². The lowest BCUT2D eigenvalue weighted by molar-refractivity contribution is 0.0955. The summed E-state index contributed by atoms with van der Waals surface area (Å²) in [5.74, 6) is -0.179. The van der Waals surface area contributed by atoms with Crippen LogP contribution in [0.5, 0.6) is 0 Å². The molecule has 2 aromatic carbocycles. The minimum absolute atomic E-state index is 0.178. The van der Waals surface area contributed by atoms with E-state index in [0.29, 0.717) is 16.4 Å². The summed E-state index contributed by atoms with van der Waals surface area (Å²) in [5, 5.41) is 6.07. The zero-order chi connectivity index (χ0) is 23.7. The number of benzene rings is 2. The Morgan fingerprint density at radius 3 is 2.74 bits per heavy atom. The third kappa shape index (κ3) is 4.55. The Morgan fingerprint density at radius 1 is 1.15 bits per heavy atom. The number of thiophene rings is 1. The predicted octanol–water partition coefficient (Wildman–Crippen LogP) is 4.52. The smallest absolute Gasteiger partial charge is 0.261 e. The van der Waals surface area contributed by atoms with Crippen LogP contribution in [0.25, 0.3) is 10.1 Å². The average Bonchev–Trinajstić information content (AvgIpc) is 3.51. The maximum atomic E-state index is 13.1. The summed E-state index contributed by atoms with van der Waals surface area (Å²) in [4.78, 5) is 17.6. The maximum Gasteiger partial charge on any atom is 0.261 e. The van der Waals surface area contributed by atoms with Crippen molar-refractivity contribution in [2.75, 3.05) is 11.6 Å². The van der Waals surface area contributed by atoms with Gasteiger partial charge in [0.15, 0.2) is 0 Å². The Morgan fingerprint density at radius 2 is 1.97 bits per heavy atom. The number of aromatic nitrogens is 1. The Hall–Kier alpha value is -3.24. The van der Waals surface area contributed by atoms with Gasteiger partial charge in [0.1, 0.15) is 0 Å². The van der Waals surface area contributed by atoms with E-state index in [9.17, 15) is 13.2 Å². The highest BCUT2D eigenvalue weighted by Crippen LogP contribution is 2.27. The number of halogens is 1. The molecule has 172 valence electrons. The molecule has 10 heteroatoms. The molecule has 0 atom stereocenters. The highest BCUT2D eigenvalue weighted by molar-refractivity contribution is 7.95. The SMILES string of the molecule is O=C(NCc1ccc(S(=O)(=O)C2=CN(c3cccc(Cl)c3)NC2)cc1)c1cc2ccncc2s1. The number of fused-ring (bicyclic) bond motifs is 1. The van der Waals surface area contributed by atoms with Crippen LogP contribution in [0.1, 0.15) is 15.2 Å². The summed E-state index contributed by atoms with van der Waals surface area (Å²) in [6, 6.07) is 17.4. The Bertz CT molecular complexity index is 1480. The standard InChI is InChI=1S/C24H19ClN4O3S2/c25-18-2-1-3-19(11-18)29-15-21(13-28-29)34(31,32)20-6-4-16(5-7-20)12-27-24(30)22-10-17-8-9-26-14-23(17)33-22/h1-11,14-15,28H,12-13H2,(H,27,30). The second kappa shape index (κ2) is 9.19. The van der Waals surface area contributed by atoms with Crippen molar-refractivity contribution in [3.63, 3.8) is 0 Å². The number of hydrogen-bond acceptors (Lipinski definition) is 7. The van der Waals surface area contributed by atoms with E-state index in [1.165, 1.54) is 11.3 Å². The lowest BCUT2D eigenvalue weighted by Crippen LogP contribution is -2.28. The minimum Gasteiger partial charge on any atom is -0.347 e. The number of rotatable bonds is 6. The highest BCUT2D eigenvalue weighted by atomic mass is 35.5. The summed E-state index contributed by atoms with van der Waals surface area (Å²) < 4.78 is 27.1. The fourth-order valence-electron chi connectivity index (χ4n) is 3.56. The van der Waals surface area contributed by atoms with Gasteiger partial charge < -0.3 is 5.32 Å². The Balaban J connectivity index is 1.26. The monoisotopic (exact) mass is 510 g/mol. The largest absolute Gasteiger partial charge is 0.347 e. The molecule has 0 fully saturated rings. The van der Waals surface area contributed by atoms with Crippen LogP contribution in [0.3, 0.4) is 0 Å². The number of pyridine rings is 1. The highest BCUT2D eigenvalue weighted by Gasteiger charge is 2.26. The minimum atomic E-state index is -3.66. The number of amides is 1. The van der Waals surface area contributed by atoms with Gasteiger partial charge in [-0.2, -0.15) is 0 Å². The third-order valence-corrected chi connectivity index (χ3v) is 8.51. The normalized spacial score (nSPS) is 13.8. The number of sulfone groups is 1. The molecule has 1 aliphatic rings. The van der Waals surface area contributed by atoms with Crippen molar-refractivity contribution in [2.45, 2.75) is 11.4 Å². The first-order valence-electron chi connectivity index (χ1n) is 10.3. The van der Waals surface area contributed by atoms with Crippen LogP contribution in [0.2, 0.25) is 5.02 Å². The van der Waals surface area contributed by atoms with Crippen molar-refractivity contribution in [1.29, 1.82) is 0 Å². The van der Waals surface area contributed by atoms with Gasteiger partial charge in [0.2, 0.25) is 9.84 Å². The van der Waals surface area contributed by atoms with E-state index in [-0.39, 0.29) is 22.3 Å². The van der Waals surface area contributed by atoms with Gasteiger partial charge in [-0.25, -0.2) is 13.8 Å². The molecule has 5 rings (SSSR count). The molecule has 7 nitrogen and oxygen atoms in total. The van der Waals surface area contributed by atoms with Gasteiger partial charge in [0.25, 0.3) is 5.91 Å². The van der Waals surface area contributed by atoms with Crippen molar-refractivity contribution >= 4 is 54.5 Å². The first-order chi connectivity index (χ1) is 16.4. The van der Waals surface area contributed by atoms with E-state index < -0.39 is 9.84 Å². The lowest BCUT2D eigenvalue weighted by Gasteiger charge is -2.15. The van der Waals surface area contributed by atoms with Crippen molar-refractivity contribution in [2.24, 2.45) is 0 Å². The summed E-state index contributed by atoms with van der Waals surface area (Å²) in [6.45, 7) is 0.468.